The first-order valence-corrected chi connectivity index (χ1v) is 7.92. The minimum atomic E-state index is -0.327. The number of carbonyl (C=O) groups is 2. The van der Waals surface area contributed by atoms with Crippen molar-refractivity contribution in [3.05, 3.63) is 35.6 Å². The summed E-state index contributed by atoms with van der Waals surface area (Å²) in [5.41, 5.74) is 0.676. The number of hydrogen-bond donors (Lipinski definition) is 0. The molecule has 0 bridgehead atoms. The average Bonchev–Trinajstić information content (AvgIpc) is 3.30. The van der Waals surface area contributed by atoms with Crippen molar-refractivity contribution in [1.82, 2.24) is 9.80 Å². The maximum absolute atomic E-state index is 13.2. The van der Waals surface area contributed by atoms with E-state index in [0.717, 1.165) is 6.54 Å². The molecule has 0 N–H and O–H groups in total. The van der Waals surface area contributed by atoms with Crippen LogP contribution < -0.4 is 0 Å². The first kappa shape index (κ1) is 15.0. The lowest BCUT2D eigenvalue weighted by Gasteiger charge is -2.22. The van der Waals surface area contributed by atoms with E-state index >= 15 is 0 Å². The normalized spacial score (nSPS) is 19.2. The van der Waals surface area contributed by atoms with E-state index in [2.05, 4.69) is 0 Å². The van der Waals surface area contributed by atoms with Crippen molar-refractivity contribution in [2.45, 2.75) is 25.7 Å². The third-order valence-corrected chi connectivity index (χ3v) is 4.36. The molecule has 0 atom stereocenters. The summed E-state index contributed by atoms with van der Waals surface area (Å²) in [6.07, 6.45) is 3.01. The van der Waals surface area contributed by atoms with E-state index in [4.69, 9.17) is 0 Å². The predicted octanol–water partition coefficient (Wildman–Crippen LogP) is 1.84. The van der Waals surface area contributed by atoms with Gasteiger partial charge in [0.15, 0.2) is 0 Å². The Labute approximate surface area is 129 Å². The number of hydrogen-bond acceptors (Lipinski definition) is 2. The fraction of sp³-hybridized carbons (Fsp3) is 0.529. The molecule has 1 aromatic rings. The molecule has 5 heteroatoms. The highest BCUT2D eigenvalue weighted by Gasteiger charge is 2.29. The minimum Gasteiger partial charge on any atom is -0.341 e. The minimum absolute atomic E-state index is 0.0355. The lowest BCUT2D eigenvalue weighted by atomic mass is 10.1. The van der Waals surface area contributed by atoms with Gasteiger partial charge in [-0.2, -0.15) is 0 Å². The van der Waals surface area contributed by atoms with Crippen LogP contribution in [0.15, 0.2) is 24.3 Å². The molecule has 1 saturated carbocycles. The maximum atomic E-state index is 13.2. The highest BCUT2D eigenvalue weighted by atomic mass is 19.1. The predicted molar refractivity (Wildman–Crippen MR) is 80.6 cm³/mol. The molecule has 22 heavy (non-hydrogen) atoms. The number of amides is 2. The van der Waals surface area contributed by atoms with Crippen LogP contribution in [0.1, 0.15) is 24.8 Å². The van der Waals surface area contributed by atoms with Gasteiger partial charge in [0.1, 0.15) is 5.82 Å². The van der Waals surface area contributed by atoms with Crippen LogP contribution >= 0.6 is 0 Å². The SMILES string of the molecule is O=C(Cc1cccc(F)c1)N1CCC(=O)N(CC2CC2)CC1. The zero-order valence-corrected chi connectivity index (χ0v) is 12.6. The van der Waals surface area contributed by atoms with Gasteiger partial charge in [-0.1, -0.05) is 12.1 Å². The Hall–Kier alpha value is -1.91. The van der Waals surface area contributed by atoms with Gasteiger partial charge in [0.2, 0.25) is 11.8 Å². The molecule has 1 aliphatic heterocycles. The quantitative estimate of drug-likeness (QED) is 0.851. The van der Waals surface area contributed by atoms with E-state index < -0.39 is 0 Å². The van der Waals surface area contributed by atoms with Crippen LogP contribution in [-0.2, 0) is 16.0 Å². The number of halogens is 1. The second-order valence-corrected chi connectivity index (χ2v) is 6.22. The number of rotatable bonds is 4. The van der Waals surface area contributed by atoms with Gasteiger partial charge in [-0.05, 0) is 36.5 Å². The van der Waals surface area contributed by atoms with Crippen molar-refractivity contribution < 1.29 is 14.0 Å². The van der Waals surface area contributed by atoms with Crippen LogP contribution in [0.2, 0.25) is 0 Å². The standard InChI is InChI=1S/C17H21FN2O2/c18-15-3-1-2-14(10-15)11-17(22)19-7-6-16(21)20(9-8-19)12-13-4-5-13/h1-3,10,13H,4-9,11-12H2. The van der Waals surface area contributed by atoms with E-state index in [9.17, 15) is 14.0 Å². The van der Waals surface area contributed by atoms with Gasteiger partial charge >= 0.3 is 0 Å². The van der Waals surface area contributed by atoms with Gasteiger partial charge in [0.25, 0.3) is 0 Å². The smallest absolute Gasteiger partial charge is 0.227 e. The zero-order chi connectivity index (χ0) is 15.5. The summed E-state index contributed by atoms with van der Waals surface area (Å²) < 4.78 is 13.2. The van der Waals surface area contributed by atoms with E-state index in [1.165, 1.54) is 25.0 Å². The molecule has 4 nitrogen and oxygen atoms in total. The average molecular weight is 304 g/mol. The van der Waals surface area contributed by atoms with Crippen molar-refractivity contribution in [1.29, 1.82) is 0 Å². The zero-order valence-electron chi connectivity index (χ0n) is 12.6. The maximum Gasteiger partial charge on any atom is 0.227 e. The van der Waals surface area contributed by atoms with Gasteiger partial charge in [0.05, 0.1) is 6.42 Å². The highest BCUT2D eigenvalue weighted by Crippen LogP contribution is 2.30. The molecule has 0 radical (unpaired) electrons. The Kier molecular flexibility index (Phi) is 4.41. The van der Waals surface area contributed by atoms with E-state index in [1.54, 1.807) is 17.0 Å². The largest absolute Gasteiger partial charge is 0.341 e. The summed E-state index contributed by atoms with van der Waals surface area (Å²) in [5.74, 6) is 0.449. The Bertz CT molecular complexity index is 572. The van der Waals surface area contributed by atoms with Crippen molar-refractivity contribution in [2.24, 2.45) is 5.92 Å². The number of nitrogens with zero attached hydrogens (tertiary/aromatic N) is 2. The van der Waals surface area contributed by atoms with Crippen LogP contribution in [0, 0.1) is 11.7 Å². The molecule has 2 aliphatic rings. The molecule has 2 fully saturated rings. The summed E-state index contributed by atoms with van der Waals surface area (Å²) in [6, 6.07) is 6.12. The van der Waals surface area contributed by atoms with Gasteiger partial charge in [0, 0.05) is 32.6 Å². The molecular formula is C17H21FN2O2. The molecule has 118 valence electrons. The first-order chi connectivity index (χ1) is 10.6. The van der Waals surface area contributed by atoms with Crippen LogP contribution in [-0.4, -0.2) is 47.8 Å². The third kappa shape index (κ3) is 3.84. The summed E-state index contributed by atoms with van der Waals surface area (Å²) in [6.45, 7) is 2.50. The third-order valence-electron chi connectivity index (χ3n) is 4.36. The molecule has 1 aliphatic carbocycles. The van der Waals surface area contributed by atoms with Crippen molar-refractivity contribution in [2.75, 3.05) is 26.2 Å². The summed E-state index contributed by atoms with van der Waals surface area (Å²) in [4.78, 5) is 28.1. The van der Waals surface area contributed by atoms with E-state index in [0.29, 0.717) is 37.5 Å². The molecule has 0 spiro atoms. The van der Waals surface area contributed by atoms with E-state index in [1.807, 2.05) is 4.90 Å². The van der Waals surface area contributed by atoms with Crippen molar-refractivity contribution in [3.8, 4) is 0 Å². The van der Waals surface area contributed by atoms with Crippen LogP contribution in [0.4, 0.5) is 4.39 Å². The summed E-state index contributed by atoms with van der Waals surface area (Å²) >= 11 is 0. The lowest BCUT2D eigenvalue weighted by Crippen LogP contribution is -2.37. The molecule has 0 aromatic heterocycles. The molecule has 1 saturated heterocycles. The van der Waals surface area contributed by atoms with Gasteiger partial charge in [-0.25, -0.2) is 4.39 Å². The first-order valence-electron chi connectivity index (χ1n) is 7.92. The van der Waals surface area contributed by atoms with Crippen LogP contribution in [0.5, 0.6) is 0 Å². The summed E-state index contributed by atoms with van der Waals surface area (Å²) in [5, 5.41) is 0. The van der Waals surface area contributed by atoms with Crippen LogP contribution in [0.3, 0.4) is 0 Å². The van der Waals surface area contributed by atoms with Crippen LogP contribution in [0.25, 0.3) is 0 Å². The van der Waals surface area contributed by atoms with Crippen molar-refractivity contribution >= 4 is 11.8 Å². The highest BCUT2D eigenvalue weighted by molar-refractivity contribution is 5.81. The molecule has 3 rings (SSSR count). The topological polar surface area (TPSA) is 40.6 Å². The number of carbonyl (C=O) groups excluding carboxylic acids is 2. The second-order valence-electron chi connectivity index (χ2n) is 6.22. The Morgan fingerprint density at radius 2 is 2.05 bits per heavy atom. The monoisotopic (exact) mass is 304 g/mol. The van der Waals surface area contributed by atoms with E-state index in [-0.39, 0.29) is 24.1 Å². The Morgan fingerprint density at radius 1 is 1.23 bits per heavy atom. The van der Waals surface area contributed by atoms with Gasteiger partial charge in [-0.3, -0.25) is 9.59 Å². The molecular weight excluding hydrogens is 283 g/mol. The number of benzene rings is 1. The fourth-order valence-corrected chi connectivity index (χ4v) is 2.85. The Balaban J connectivity index is 1.57. The molecule has 0 unspecified atom stereocenters. The second kappa shape index (κ2) is 6.46. The van der Waals surface area contributed by atoms with Gasteiger partial charge < -0.3 is 9.80 Å². The lowest BCUT2D eigenvalue weighted by molar-refractivity contribution is -0.130. The fourth-order valence-electron chi connectivity index (χ4n) is 2.85. The van der Waals surface area contributed by atoms with Crippen molar-refractivity contribution in [3.63, 3.8) is 0 Å². The van der Waals surface area contributed by atoms with Gasteiger partial charge in [-0.15, -0.1) is 0 Å². The Morgan fingerprint density at radius 3 is 2.77 bits per heavy atom. The molecule has 1 aromatic carbocycles. The molecule has 2 amide bonds. The summed E-state index contributed by atoms with van der Waals surface area (Å²) in [7, 11) is 0. The molecule has 1 heterocycles.